The van der Waals surface area contributed by atoms with E-state index < -0.39 is 12.1 Å². The molecule has 144 valence electrons. The van der Waals surface area contributed by atoms with E-state index in [1.54, 1.807) is 0 Å². The molecule has 2 rings (SSSR count). The summed E-state index contributed by atoms with van der Waals surface area (Å²) >= 11 is 0. The second-order valence-corrected chi connectivity index (χ2v) is 6.04. The third-order valence-corrected chi connectivity index (χ3v) is 3.76. The van der Waals surface area contributed by atoms with Gasteiger partial charge in [0.2, 0.25) is 5.91 Å². The lowest BCUT2D eigenvalue weighted by Gasteiger charge is -2.18. The summed E-state index contributed by atoms with van der Waals surface area (Å²) in [5.74, 6) is -0.313. The third kappa shape index (κ3) is 7.92. The van der Waals surface area contributed by atoms with Gasteiger partial charge in [0.15, 0.2) is 0 Å². The molecule has 0 radical (unpaired) electrons. The van der Waals surface area contributed by atoms with E-state index in [4.69, 9.17) is 9.47 Å². The van der Waals surface area contributed by atoms with Crippen molar-refractivity contribution in [2.45, 2.75) is 32.5 Å². The fourth-order valence-electron chi connectivity index (χ4n) is 2.34. The maximum absolute atomic E-state index is 12.5. The Morgan fingerprint density at radius 3 is 2.22 bits per heavy atom. The molecule has 27 heavy (non-hydrogen) atoms. The molecule has 0 aliphatic rings. The van der Waals surface area contributed by atoms with Crippen molar-refractivity contribution in [3.05, 3.63) is 71.8 Å². The molecule has 2 aromatic carbocycles. The number of hydrogen-bond acceptors (Lipinski definition) is 4. The van der Waals surface area contributed by atoms with Gasteiger partial charge in [-0.1, -0.05) is 67.6 Å². The molecule has 0 aliphatic heterocycles. The number of hydrogen-bond donors (Lipinski definition) is 2. The SMILES string of the molecule is CCCOCC(NC(=O)OCc1ccccc1)C(=O)NCc1ccccc1. The van der Waals surface area contributed by atoms with Gasteiger partial charge in [-0.25, -0.2) is 4.79 Å². The monoisotopic (exact) mass is 370 g/mol. The van der Waals surface area contributed by atoms with Crippen LogP contribution in [0.1, 0.15) is 24.5 Å². The summed E-state index contributed by atoms with van der Waals surface area (Å²) in [6, 6.07) is 18.1. The van der Waals surface area contributed by atoms with Gasteiger partial charge in [-0.3, -0.25) is 4.79 Å². The minimum absolute atomic E-state index is 0.0922. The van der Waals surface area contributed by atoms with E-state index in [1.807, 2.05) is 67.6 Å². The van der Waals surface area contributed by atoms with Crippen molar-refractivity contribution in [3.8, 4) is 0 Å². The lowest BCUT2D eigenvalue weighted by Crippen LogP contribution is -2.49. The Kier molecular flexibility index (Phi) is 8.86. The fraction of sp³-hybridized carbons (Fsp3) is 0.333. The summed E-state index contributed by atoms with van der Waals surface area (Å²) in [6.07, 6.45) is 0.176. The smallest absolute Gasteiger partial charge is 0.408 e. The van der Waals surface area contributed by atoms with E-state index in [2.05, 4.69) is 10.6 Å². The van der Waals surface area contributed by atoms with Crippen molar-refractivity contribution in [2.24, 2.45) is 0 Å². The molecule has 2 aromatic rings. The number of ether oxygens (including phenoxy) is 2. The van der Waals surface area contributed by atoms with Crippen LogP contribution in [0.15, 0.2) is 60.7 Å². The van der Waals surface area contributed by atoms with Crippen LogP contribution >= 0.6 is 0 Å². The minimum Gasteiger partial charge on any atom is -0.445 e. The normalized spacial score (nSPS) is 11.4. The van der Waals surface area contributed by atoms with Crippen molar-refractivity contribution < 1.29 is 19.1 Å². The molecule has 2 N–H and O–H groups in total. The predicted molar refractivity (Wildman–Crippen MR) is 103 cm³/mol. The van der Waals surface area contributed by atoms with E-state index in [0.29, 0.717) is 13.2 Å². The van der Waals surface area contributed by atoms with Crippen LogP contribution in [0.4, 0.5) is 4.79 Å². The number of rotatable bonds is 10. The lowest BCUT2D eigenvalue weighted by atomic mass is 10.2. The predicted octanol–water partition coefficient (Wildman–Crippen LogP) is 3.02. The number of carbonyl (C=O) groups excluding carboxylic acids is 2. The zero-order valence-electron chi connectivity index (χ0n) is 15.5. The largest absolute Gasteiger partial charge is 0.445 e. The number of benzene rings is 2. The molecule has 0 heterocycles. The average Bonchev–Trinajstić information content (AvgIpc) is 2.71. The maximum Gasteiger partial charge on any atom is 0.408 e. The highest BCUT2D eigenvalue weighted by molar-refractivity contribution is 5.85. The number of nitrogens with one attached hydrogen (secondary N) is 2. The molecular formula is C21H26N2O4. The zero-order chi connectivity index (χ0) is 19.3. The second kappa shape index (κ2) is 11.7. The van der Waals surface area contributed by atoms with Crippen LogP contribution in [0, 0.1) is 0 Å². The van der Waals surface area contributed by atoms with Gasteiger partial charge in [0, 0.05) is 13.2 Å². The van der Waals surface area contributed by atoms with E-state index in [1.165, 1.54) is 0 Å². The Balaban J connectivity index is 1.85. The van der Waals surface area contributed by atoms with Crippen molar-refractivity contribution in [2.75, 3.05) is 13.2 Å². The Hall–Kier alpha value is -2.86. The Labute approximate surface area is 159 Å². The lowest BCUT2D eigenvalue weighted by molar-refractivity contribution is -0.124. The summed E-state index contributed by atoms with van der Waals surface area (Å²) in [7, 11) is 0. The standard InChI is InChI=1S/C21H26N2O4/c1-2-13-26-16-19(20(24)22-14-17-9-5-3-6-10-17)23-21(25)27-15-18-11-7-4-8-12-18/h3-12,19H,2,13-16H2,1H3,(H,22,24)(H,23,25). The number of alkyl carbamates (subject to hydrolysis) is 1. The molecule has 1 unspecified atom stereocenters. The first-order chi connectivity index (χ1) is 13.2. The molecule has 0 fully saturated rings. The highest BCUT2D eigenvalue weighted by atomic mass is 16.5. The van der Waals surface area contributed by atoms with E-state index in [-0.39, 0.29) is 19.1 Å². The van der Waals surface area contributed by atoms with E-state index in [0.717, 1.165) is 17.5 Å². The first kappa shape index (κ1) is 20.5. The Morgan fingerprint density at radius 1 is 0.963 bits per heavy atom. The Bertz CT molecular complexity index is 692. The summed E-state index contributed by atoms with van der Waals surface area (Å²) in [5, 5.41) is 5.40. The number of carbonyl (C=O) groups is 2. The topological polar surface area (TPSA) is 76.7 Å². The first-order valence-electron chi connectivity index (χ1n) is 9.05. The van der Waals surface area contributed by atoms with Gasteiger partial charge in [0.05, 0.1) is 6.61 Å². The molecular weight excluding hydrogens is 344 g/mol. The van der Waals surface area contributed by atoms with Crippen LogP contribution in [0.5, 0.6) is 0 Å². The highest BCUT2D eigenvalue weighted by Gasteiger charge is 2.21. The van der Waals surface area contributed by atoms with E-state index in [9.17, 15) is 9.59 Å². The molecule has 0 aromatic heterocycles. The van der Waals surface area contributed by atoms with Gasteiger partial charge in [-0.15, -0.1) is 0 Å². The van der Waals surface area contributed by atoms with Gasteiger partial charge in [0.1, 0.15) is 12.6 Å². The molecule has 6 heteroatoms. The van der Waals surface area contributed by atoms with Crippen LogP contribution in [-0.4, -0.2) is 31.3 Å². The summed E-state index contributed by atoms with van der Waals surface area (Å²) in [4.78, 5) is 24.5. The minimum atomic E-state index is -0.816. The van der Waals surface area contributed by atoms with Gasteiger partial charge < -0.3 is 20.1 Å². The molecule has 6 nitrogen and oxygen atoms in total. The average molecular weight is 370 g/mol. The molecule has 0 saturated carbocycles. The van der Waals surface area contributed by atoms with Crippen LogP contribution in [0.25, 0.3) is 0 Å². The summed E-state index contributed by atoms with van der Waals surface area (Å²) in [6.45, 7) is 3.11. The van der Waals surface area contributed by atoms with Gasteiger partial charge in [-0.2, -0.15) is 0 Å². The molecule has 1 atom stereocenters. The van der Waals surface area contributed by atoms with Crippen molar-refractivity contribution in [3.63, 3.8) is 0 Å². The fourth-order valence-corrected chi connectivity index (χ4v) is 2.34. The van der Waals surface area contributed by atoms with Crippen molar-refractivity contribution in [1.82, 2.24) is 10.6 Å². The van der Waals surface area contributed by atoms with Crippen LogP contribution < -0.4 is 10.6 Å². The molecule has 0 aliphatic carbocycles. The van der Waals surface area contributed by atoms with Crippen molar-refractivity contribution in [1.29, 1.82) is 0 Å². The number of amides is 2. The summed E-state index contributed by atoms with van der Waals surface area (Å²) < 4.78 is 10.6. The van der Waals surface area contributed by atoms with Gasteiger partial charge >= 0.3 is 6.09 Å². The van der Waals surface area contributed by atoms with Gasteiger partial charge in [-0.05, 0) is 17.5 Å². The second-order valence-electron chi connectivity index (χ2n) is 6.04. The van der Waals surface area contributed by atoms with Crippen LogP contribution in [-0.2, 0) is 27.4 Å². The summed E-state index contributed by atoms with van der Waals surface area (Å²) in [5.41, 5.74) is 1.85. The quantitative estimate of drug-likeness (QED) is 0.630. The van der Waals surface area contributed by atoms with Crippen LogP contribution in [0.2, 0.25) is 0 Å². The highest BCUT2D eigenvalue weighted by Crippen LogP contribution is 2.02. The van der Waals surface area contributed by atoms with Crippen molar-refractivity contribution >= 4 is 12.0 Å². The molecule has 0 bridgehead atoms. The van der Waals surface area contributed by atoms with E-state index >= 15 is 0 Å². The zero-order valence-corrected chi connectivity index (χ0v) is 15.5. The molecule has 0 saturated heterocycles. The Morgan fingerprint density at radius 2 is 1.59 bits per heavy atom. The molecule has 0 spiro atoms. The molecule has 2 amide bonds. The first-order valence-corrected chi connectivity index (χ1v) is 9.05. The third-order valence-electron chi connectivity index (χ3n) is 3.76. The maximum atomic E-state index is 12.5. The van der Waals surface area contributed by atoms with Gasteiger partial charge in [0.25, 0.3) is 0 Å². The van der Waals surface area contributed by atoms with Crippen LogP contribution in [0.3, 0.4) is 0 Å².